The van der Waals surface area contributed by atoms with E-state index >= 15 is 0 Å². The van der Waals surface area contributed by atoms with Gasteiger partial charge in [-0.05, 0) is 55.5 Å². The molecule has 1 saturated heterocycles. The van der Waals surface area contributed by atoms with Crippen LogP contribution in [0.1, 0.15) is 30.4 Å². The molecule has 5 heterocycles. The number of hydrazone groups is 1. The predicted molar refractivity (Wildman–Crippen MR) is 139 cm³/mol. The Hall–Kier alpha value is -3.97. The molecule has 10 nitrogen and oxygen atoms in total. The molecule has 1 N–H and O–H groups in total. The quantitative estimate of drug-likeness (QED) is 0.678. The van der Waals surface area contributed by atoms with Crippen LogP contribution in [0.3, 0.4) is 0 Å². The Morgan fingerprint density at radius 3 is 2.89 bits per heavy atom. The molecule has 2 atom stereocenters. The van der Waals surface area contributed by atoms with Crippen molar-refractivity contribution in [3.05, 3.63) is 54.1 Å². The van der Waals surface area contributed by atoms with Gasteiger partial charge in [0, 0.05) is 57.0 Å². The van der Waals surface area contributed by atoms with Crippen molar-refractivity contribution in [1.29, 1.82) is 5.26 Å². The van der Waals surface area contributed by atoms with Gasteiger partial charge in [0.15, 0.2) is 0 Å². The van der Waals surface area contributed by atoms with Gasteiger partial charge in [-0.3, -0.25) is 5.01 Å². The predicted octanol–water partition coefficient (Wildman–Crippen LogP) is 2.73. The number of ether oxygens (including phenoxy) is 1. The Balaban J connectivity index is 1.40. The Bertz CT molecular complexity index is 1280. The molecule has 2 unspecified atom stereocenters. The second-order valence-corrected chi connectivity index (χ2v) is 9.82. The summed E-state index contributed by atoms with van der Waals surface area (Å²) in [7, 11) is 1.65. The van der Waals surface area contributed by atoms with Crippen LogP contribution in [-0.4, -0.2) is 77.2 Å². The lowest BCUT2D eigenvalue weighted by Crippen LogP contribution is -2.51. The number of amidine groups is 1. The number of carbonyl (C=O) groups is 1. The van der Waals surface area contributed by atoms with Crippen LogP contribution in [0.4, 0.5) is 10.5 Å². The number of amides is 2. The van der Waals surface area contributed by atoms with Crippen molar-refractivity contribution in [2.75, 3.05) is 38.3 Å². The van der Waals surface area contributed by atoms with E-state index in [2.05, 4.69) is 43.4 Å². The maximum absolute atomic E-state index is 12.5. The minimum absolute atomic E-state index is 0.0307. The molecule has 0 bridgehead atoms. The largest absolute Gasteiger partial charge is 0.381 e. The number of aryl methyl sites for hydroxylation is 1. The summed E-state index contributed by atoms with van der Waals surface area (Å²) in [5.41, 5.74) is 4.35. The summed E-state index contributed by atoms with van der Waals surface area (Å²) in [4.78, 5) is 24.9. The van der Waals surface area contributed by atoms with Crippen molar-refractivity contribution in [2.24, 2.45) is 11.0 Å². The third-order valence-electron chi connectivity index (χ3n) is 7.76. The second-order valence-electron chi connectivity index (χ2n) is 9.82. The molecule has 0 spiro atoms. The normalized spacial score (nSPS) is 23.2. The van der Waals surface area contributed by atoms with Crippen molar-refractivity contribution in [2.45, 2.75) is 37.8 Å². The first kappa shape index (κ1) is 23.4. The average Bonchev–Trinajstić information content (AvgIpc) is 3.35. The fourth-order valence-electron chi connectivity index (χ4n) is 5.92. The number of hydrogen-bond acceptors (Lipinski definition) is 8. The topological polar surface area (TPSA) is 110 Å². The molecule has 2 aromatic rings. The van der Waals surface area contributed by atoms with Crippen LogP contribution in [0.2, 0.25) is 0 Å². The van der Waals surface area contributed by atoms with Crippen molar-refractivity contribution >= 4 is 17.6 Å². The molecule has 6 rings (SSSR count). The van der Waals surface area contributed by atoms with Crippen LogP contribution < -0.4 is 10.2 Å². The van der Waals surface area contributed by atoms with E-state index in [4.69, 9.17) is 9.84 Å². The molecule has 4 aliphatic heterocycles. The first-order valence-corrected chi connectivity index (χ1v) is 12.9. The van der Waals surface area contributed by atoms with Crippen LogP contribution in [0.5, 0.6) is 0 Å². The SMILES string of the molecule is CNC(=O)N1C=CC2C(C1)C(N1CCCc3cc(-c4ccncn4)c(C#N)cc31)=NN2C1CCOCC1. The van der Waals surface area contributed by atoms with Crippen molar-refractivity contribution in [1.82, 2.24) is 25.2 Å². The highest BCUT2D eigenvalue weighted by molar-refractivity contribution is 6.03. The summed E-state index contributed by atoms with van der Waals surface area (Å²) >= 11 is 0. The number of hydrogen-bond donors (Lipinski definition) is 1. The molecule has 37 heavy (non-hydrogen) atoms. The molecular weight excluding hydrogens is 468 g/mol. The Labute approximate surface area is 216 Å². The van der Waals surface area contributed by atoms with Crippen molar-refractivity contribution in [3.8, 4) is 17.3 Å². The van der Waals surface area contributed by atoms with Gasteiger partial charge in [-0.1, -0.05) is 0 Å². The van der Waals surface area contributed by atoms with Gasteiger partial charge >= 0.3 is 6.03 Å². The smallest absolute Gasteiger partial charge is 0.321 e. The summed E-state index contributed by atoms with van der Waals surface area (Å²) in [6.07, 6.45) is 11.0. The first-order chi connectivity index (χ1) is 18.2. The molecule has 1 aromatic carbocycles. The number of benzene rings is 1. The highest BCUT2D eigenvalue weighted by Gasteiger charge is 2.45. The van der Waals surface area contributed by atoms with Gasteiger partial charge in [0.05, 0.1) is 35.3 Å². The Morgan fingerprint density at radius 1 is 1.27 bits per heavy atom. The van der Waals surface area contributed by atoms with Gasteiger partial charge in [0.2, 0.25) is 0 Å². The summed E-state index contributed by atoms with van der Waals surface area (Å²) in [6.45, 7) is 2.84. The number of nitriles is 1. The molecule has 0 aliphatic carbocycles. The van der Waals surface area contributed by atoms with Gasteiger partial charge in [0.1, 0.15) is 12.2 Å². The maximum Gasteiger partial charge on any atom is 0.321 e. The number of rotatable bonds is 2. The average molecular weight is 499 g/mol. The van der Waals surface area contributed by atoms with E-state index in [9.17, 15) is 10.1 Å². The molecular formula is C27H30N8O2. The number of nitrogens with zero attached hydrogens (tertiary/aromatic N) is 7. The Kier molecular flexibility index (Phi) is 6.22. The zero-order chi connectivity index (χ0) is 25.4. The number of nitrogens with one attached hydrogen (secondary N) is 1. The van der Waals surface area contributed by atoms with E-state index in [-0.39, 0.29) is 18.0 Å². The minimum atomic E-state index is -0.126. The lowest BCUT2D eigenvalue weighted by atomic mass is 9.90. The van der Waals surface area contributed by atoms with Gasteiger partial charge in [-0.15, -0.1) is 0 Å². The van der Waals surface area contributed by atoms with E-state index in [0.29, 0.717) is 18.2 Å². The van der Waals surface area contributed by atoms with Crippen LogP contribution in [0.15, 0.2) is 48.1 Å². The van der Waals surface area contributed by atoms with Crippen molar-refractivity contribution < 1.29 is 9.53 Å². The second kappa shape index (κ2) is 9.82. The number of urea groups is 1. The summed E-state index contributed by atoms with van der Waals surface area (Å²) in [5.74, 6) is 0.998. The molecule has 2 amide bonds. The van der Waals surface area contributed by atoms with E-state index in [0.717, 1.165) is 68.2 Å². The molecule has 0 saturated carbocycles. The molecule has 1 fully saturated rings. The van der Waals surface area contributed by atoms with Crippen LogP contribution in [0, 0.1) is 17.2 Å². The van der Waals surface area contributed by atoms with Crippen molar-refractivity contribution in [3.63, 3.8) is 0 Å². The third-order valence-corrected chi connectivity index (χ3v) is 7.76. The zero-order valence-electron chi connectivity index (χ0n) is 20.9. The Morgan fingerprint density at radius 2 is 2.14 bits per heavy atom. The highest BCUT2D eigenvalue weighted by atomic mass is 16.5. The van der Waals surface area contributed by atoms with E-state index in [1.165, 1.54) is 11.9 Å². The summed E-state index contributed by atoms with van der Waals surface area (Å²) in [6, 6.07) is 8.55. The number of fused-ring (bicyclic) bond motifs is 2. The fourth-order valence-corrected chi connectivity index (χ4v) is 5.92. The molecule has 0 radical (unpaired) electrons. The first-order valence-electron chi connectivity index (χ1n) is 12.9. The van der Waals surface area contributed by atoms with Crippen LogP contribution >= 0.6 is 0 Å². The highest BCUT2D eigenvalue weighted by Crippen LogP contribution is 2.39. The molecule has 1 aromatic heterocycles. The summed E-state index contributed by atoms with van der Waals surface area (Å²) in [5, 5.41) is 20.3. The van der Waals surface area contributed by atoms with Gasteiger partial charge in [0.25, 0.3) is 0 Å². The number of aromatic nitrogens is 2. The minimum Gasteiger partial charge on any atom is -0.381 e. The maximum atomic E-state index is 12.5. The third kappa shape index (κ3) is 4.19. The summed E-state index contributed by atoms with van der Waals surface area (Å²) < 4.78 is 5.62. The van der Waals surface area contributed by atoms with E-state index in [1.807, 2.05) is 18.3 Å². The molecule has 4 aliphatic rings. The molecule has 190 valence electrons. The van der Waals surface area contributed by atoms with Gasteiger partial charge in [-0.2, -0.15) is 10.4 Å². The van der Waals surface area contributed by atoms with Gasteiger partial charge < -0.3 is 19.9 Å². The lowest BCUT2D eigenvalue weighted by Gasteiger charge is -2.39. The van der Waals surface area contributed by atoms with Crippen LogP contribution in [0.25, 0.3) is 11.3 Å². The van der Waals surface area contributed by atoms with E-state index in [1.54, 1.807) is 18.1 Å². The molecule has 10 heteroatoms. The monoisotopic (exact) mass is 498 g/mol. The van der Waals surface area contributed by atoms with E-state index < -0.39 is 0 Å². The number of anilines is 1. The lowest BCUT2D eigenvalue weighted by molar-refractivity contribution is 0.0244. The zero-order valence-corrected chi connectivity index (χ0v) is 20.9. The van der Waals surface area contributed by atoms with Crippen LogP contribution in [-0.2, 0) is 11.2 Å². The number of carbonyl (C=O) groups excluding carboxylic acids is 1. The van der Waals surface area contributed by atoms with Gasteiger partial charge in [-0.25, -0.2) is 14.8 Å². The standard InChI is InChI=1S/C27H30N8O2/c1-29-27(36)33-10-5-24-22(16-33)26(32-35(24)20-6-11-37-12-7-20)34-9-2-3-18-13-21(19(15-28)14-25(18)34)23-4-8-30-17-31-23/h4-5,8,10,13-14,17,20,22,24H,2-3,6-7,9,11-12,16H2,1H3,(H,29,36). The fraction of sp³-hybridized carbons (Fsp3) is 0.444.